The molecule has 1 aromatic carbocycles. The van der Waals surface area contributed by atoms with Crippen LogP contribution in [0.15, 0.2) is 34.7 Å². The highest BCUT2D eigenvalue weighted by Gasteiger charge is 2.35. The quantitative estimate of drug-likeness (QED) is 0.868. The lowest BCUT2D eigenvalue weighted by Gasteiger charge is -2.29. The highest BCUT2D eigenvalue weighted by atomic mass is 16.4. The Kier molecular flexibility index (Phi) is 4.01. The molecule has 1 aliphatic rings. The second kappa shape index (κ2) is 5.95. The van der Waals surface area contributed by atoms with E-state index in [1.165, 1.54) is 5.56 Å². The van der Waals surface area contributed by atoms with Crippen LogP contribution in [0.4, 0.5) is 0 Å². The van der Waals surface area contributed by atoms with Gasteiger partial charge in [-0.1, -0.05) is 36.8 Å². The molecule has 1 aromatic heterocycles. The number of oxazole rings is 1. The lowest BCUT2D eigenvalue weighted by molar-refractivity contribution is 0.0687. The number of likely N-dealkylation sites (N-methyl/N-ethyl adjacent to an activating group) is 1. The van der Waals surface area contributed by atoms with Crippen LogP contribution < -0.4 is 0 Å². The van der Waals surface area contributed by atoms with E-state index < -0.39 is 0 Å². The normalized spacial score (nSPS) is 21.0. The molecule has 1 amide bonds. The van der Waals surface area contributed by atoms with Gasteiger partial charge in [-0.3, -0.25) is 4.79 Å². The van der Waals surface area contributed by atoms with Gasteiger partial charge in [0.2, 0.25) is 5.76 Å². The average Bonchev–Trinajstić information content (AvgIpc) is 3.13. The van der Waals surface area contributed by atoms with E-state index in [0.29, 0.717) is 23.3 Å². The average molecular weight is 298 g/mol. The van der Waals surface area contributed by atoms with Crippen LogP contribution in [-0.2, 0) is 0 Å². The van der Waals surface area contributed by atoms with Crippen LogP contribution in [0.2, 0.25) is 0 Å². The van der Waals surface area contributed by atoms with Crippen molar-refractivity contribution < 1.29 is 9.21 Å². The number of hydrogen-bond acceptors (Lipinski definition) is 3. The number of aryl methyl sites for hydroxylation is 2. The van der Waals surface area contributed by atoms with Crippen LogP contribution in [-0.4, -0.2) is 28.9 Å². The van der Waals surface area contributed by atoms with Gasteiger partial charge in [0.15, 0.2) is 5.89 Å². The fourth-order valence-corrected chi connectivity index (χ4v) is 3.53. The third kappa shape index (κ3) is 2.65. The van der Waals surface area contributed by atoms with Crippen molar-refractivity contribution in [3.63, 3.8) is 0 Å². The van der Waals surface area contributed by atoms with E-state index in [9.17, 15) is 4.79 Å². The molecule has 4 heteroatoms. The van der Waals surface area contributed by atoms with Gasteiger partial charge in [0.05, 0.1) is 5.69 Å². The molecule has 1 fully saturated rings. The van der Waals surface area contributed by atoms with Crippen molar-refractivity contribution in [2.75, 3.05) is 7.05 Å². The largest absolute Gasteiger partial charge is 0.436 e. The van der Waals surface area contributed by atoms with Crippen LogP contribution in [0.1, 0.15) is 52.9 Å². The predicted octanol–water partition coefficient (Wildman–Crippen LogP) is 3.70. The number of nitrogens with zero attached hydrogens (tertiary/aromatic N) is 2. The second-order valence-corrected chi connectivity index (χ2v) is 6.08. The molecule has 22 heavy (non-hydrogen) atoms. The summed E-state index contributed by atoms with van der Waals surface area (Å²) in [6, 6.07) is 10.7. The molecular weight excluding hydrogens is 276 g/mol. The maximum atomic E-state index is 12.7. The first-order chi connectivity index (χ1) is 10.6. The summed E-state index contributed by atoms with van der Waals surface area (Å²) >= 11 is 0. The SMILES string of the molecule is Cc1nc(C)c(C(=O)N(C)[C@@H]2CCC[C@H]2c2ccccc2)o1. The Hall–Kier alpha value is -2.10. The zero-order valence-electron chi connectivity index (χ0n) is 13.4. The molecule has 0 N–H and O–H groups in total. The van der Waals surface area contributed by atoms with Crippen molar-refractivity contribution in [3.8, 4) is 0 Å². The first-order valence-corrected chi connectivity index (χ1v) is 7.84. The van der Waals surface area contributed by atoms with Crippen LogP contribution in [0.5, 0.6) is 0 Å². The summed E-state index contributed by atoms with van der Waals surface area (Å²) in [7, 11) is 1.88. The van der Waals surface area contributed by atoms with E-state index in [1.54, 1.807) is 6.92 Å². The molecule has 0 spiro atoms. The zero-order chi connectivity index (χ0) is 15.7. The van der Waals surface area contributed by atoms with Gasteiger partial charge in [-0.15, -0.1) is 0 Å². The Morgan fingerprint density at radius 3 is 2.59 bits per heavy atom. The third-order valence-corrected chi connectivity index (χ3v) is 4.62. The van der Waals surface area contributed by atoms with Crippen LogP contribution in [0.3, 0.4) is 0 Å². The van der Waals surface area contributed by atoms with E-state index >= 15 is 0 Å². The van der Waals surface area contributed by atoms with Crippen molar-refractivity contribution in [2.45, 2.75) is 45.1 Å². The van der Waals surface area contributed by atoms with E-state index in [-0.39, 0.29) is 11.9 Å². The number of amides is 1. The zero-order valence-corrected chi connectivity index (χ0v) is 13.4. The lowest BCUT2D eigenvalue weighted by atomic mass is 9.93. The molecule has 1 aliphatic carbocycles. The van der Waals surface area contributed by atoms with E-state index in [4.69, 9.17) is 4.42 Å². The highest BCUT2D eigenvalue weighted by Crippen LogP contribution is 2.37. The second-order valence-electron chi connectivity index (χ2n) is 6.08. The van der Waals surface area contributed by atoms with E-state index in [2.05, 4.69) is 29.2 Å². The Bertz CT molecular complexity index is 663. The van der Waals surface area contributed by atoms with E-state index in [0.717, 1.165) is 19.3 Å². The van der Waals surface area contributed by atoms with Crippen LogP contribution in [0, 0.1) is 13.8 Å². The first kappa shape index (κ1) is 14.8. The van der Waals surface area contributed by atoms with Crippen molar-refractivity contribution in [2.24, 2.45) is 0 Å². The van der Waals surface area contributed by atoms with Crippen molar-refractivity contribution in [3.05, 3.63) is 53.2 Å². The topological polar surface area (TPSA) is 46.3 Å². The summed E-state index contributed by atoms with van der Waals surface area (Å²) in [5.41, 5.74) is 1.98. The number of aromatic nitrogens is 1. The number of carbonyl (C=O) groups excluding carboxylic acids is 1. The van der Waals surface area contributed by atoms with Crippen molar-refractivity contribution in [1.29, 1.82) is 0 Å². The van der Waals surface area contributed by atoms with E-state index in [1.807, 2.05) is 24.9 Å². The Morgan fingerprint density at radius 1 is 1.23 bits per heavy atom. The standard InChI is InChI=1S/C18H22N2O2/c1-12-17(22-13(2)19-12)18(21)20(3)16-11-7-10-15(16)14-8-5-4-6-9-14/h4-6,8-9,15-16H,7,10-11H2,1-3H3/t15-,16+/m0/s1. The Labute approximate surface area is 131 Å². The third-order valence-electron chi connectivity index (χ3n) is 4.62. The molecule has 2 atom stereocenters. The Balaban J connectivity index is 1.83. The Morgan fingerprint density at radius 2 is 1.95 bits per heavy atom. The molecule has 1 saturated carbocycles. The fourth-order valence-electron chi connectivity index (χ4n) is 3.53. The summed E-state index contributed by atoms with van der Waals surface area (Å²) in [6.45, 7) is 3.59. The maximum absolute atomic E-state index is 12.7. The van der Waals surface area contributed by atoms with Gasteiger partial charge in [-0.25, -0.2) is 4.98 Å². The van der Waals surface area contributed by atoms with Gasteiger partial charge in [0.1, 0.15) is 0 Å². The molecule has 2 aromatic rings. The molecule has 1 heterocycles. The molecule has 4 nitrogen and oxygen atoms in total. The molecule has 0 bridgehead atoms. The summed E-state index contributed by atoms with van der Waals surface area (Å²) < 4.78 is 5.50. The fraction of sp³-hybridized carbons (Fsp3) is 0.444. The molecule has 3 rings (SSSR count). The number of rotatable bonds is 3. The number of carbonyl (C=O) groups is 1. The monoisotopic (exact) mass is 298 g/mol. The molecule has 116 valence electrons. The van der Waals surface area contributed by atoms with Gasteiger partial charge in [0.25, 0.3) is 5.91 Å². The van der Waals surface area contributed by atoms with Crippen molar-refractivity contribution >= 4 is 5.91 Å². The minimum absolute atomic E-state index is 0.0640. The number of benzene rings is 1. The van der Waals surface area contributed by atoms with Gasteiger partial charge < -0.3 is 9.32 Å². The molecular formula is C18H22N2O2. The van der Waals surface area contributed by atoms with Crippen LogP contribution >= 0.6 is 0 Å². The predicted molar refractivity (Wildman–Crippen MR) is 84.9 cm³/mol. The first-order valence-electron chi connectivity index (χ1n) is 7.84. The maximum Gasteiger partial charge on any atom is 0.291 e. The van der Waals surface area contributed by atoms with Crippen LogP contribution in [0.25, 0.3) is 0 Å². The number of hydrogen-bond donors (Lipinski definition) is 0. The minimum Gasteiger partial charge on any atom is -0.436 e. The molecule has 0 unspecified atom stereocenters. The van der Waals surface area contributed by atoms with Gasteiger partial charge >= 0.3 is 0 Å². The molecule has 0 radical (unpaired) electrons. The summed E-state index contributed by atoms with van der Waals surface area (Å²) in [5, 5.41) is 0. The van der Waals surface area contributed by atoms with Gasteiger partial charge in [-0.05, 0) is 25.3 Å². The summed E-state index contributed by atoms with van der Waals surface area (Å²) in [6.07, 6.45) is 3.31. The minimum atomic E-state index is -0.0640. The van der Waals surface area contributed by atoms with Crippen molar-refractivity contribution in [1.82, 2.24) is 9.88 Å². The molecule has 0 aliphatic heterocycles. The molecule has 0 saturated heterocycles. The smallest absolute Gasteiger partial charge is 0.291 e. The summed E-state index contributed by atoms with van der Waals surface area (Å²) in [5.74, 6) is 1.25. The highest BCUT2D eigenvalue weighted by molar-refractivity contribution is 5.92. The van der Waals surface area contributed by atoms with Gasteiger partial charge in [-0.2, -0.15) is 0 Å². The summed E-state index contributed by atoms with van der Waals surface area (Å²) in [4.78, 5) is 18.8. The lowest BCUT2D eigenvalue weighted by Crippen LogP contribution is -2.38. The van der Waals surface area contributed by atoms with Gasteiger partial charge in [0, 0.05) is 25.9 Å².